The molecule has 0 bridgehead atoms. The van der Waals surface area contributed by atoms with Crippen molar-refractivity contribution in [3.8, 4) is 0 Å². The van der Waals surface area contributed by atoms with E-state index in [2.05, 4.69) is 9.97 Å². The average Bonchev–Trinajstić information content (AvgIpc) is 2.78. The first-order valence-corrected chi connectivity index (χ1v) is 10.0. The molecule has 4 rings (SSSR count). The Kier molecular flexibility index (Phi) is 5.61. The fourth-order valence-corrected chi connectivity index (χ4v) is 3.45. The zero-order chi connectivity index (χ0) is 21.1. The third-order valence-corrected chi connectivity index (χ3v) is 5.35. The minimum absolute atomic E-state index is 0.0609. The number of piperazine rings is 1. The first-order valence-electron chi connectivity index (χ1n) is 10.0. The van der Waals surface area contributed by atoms with Crippen LogP contribution in [-0.4, -0.2) is 57.9 Å². The summed E-state index contributed by atoms with van der Waals surface area (Å²) in [7, 11) is 0. The quantitative estimate of drug-likeness (QED) is 0.669. The van der Waals surface area contributed by atoms with E-state index < -0.39 is 0 Å². The van der Waals surface area contributed by atoms with Crippen molar-refractivity contribution < 1.29 is 14.3 Å². The normalized spacial score (nSPS) is 14.1. The highest BCUT2D eigenvalue weighted by Gasteiger charge is 2.26. The van der Waals surface area contributed by atoms with Gasteiger partial charge in [-0.2, -0.15) is 0 Å². The molecule has 0 spiro atoms. The topological polar surface area (TPSA) is 75.6 Å². The lowest BCUT2D eigenvalue weighted by molar-refractivity contribution is 0.0544. The van der Waals surface area contributed by atoms with Crippen molar-refractivity contribution in [2.45, 2.75) is 20.5 Å². The monoisotopic (exact) mass is 404 g/mol. The van der Waals surface area contributed by atoms with Gasteiger partial charge in [0, 0.05) is 31.7 Å². The summed E-state index contributed by atoms with van der Waals surface area (Å²) < 4.78 is 5.39. The van der Waals surface area contributed by atoms with E-state index in [1.54, 1.807) is 21.9 Å². The van der Waals surface area contributed by atoms with Gasteiger partial charge >= 0.3 is 6.09 Å². The van der Waals surface area contributed by atoms with E-state index in [0.29, 0.717) is 37.3 Å². The van der Waals surface area contributed by atoms with Gasteiger partial charge in [0.2, 0.25) is 0 Å². The molecule has 1 aliphatic heterocycles. The molecule has 2 heterocycles. The van der Waals surface area contributed by atoms with E-state index in [1.165, 1.54) is 0 Å². The highest BCUT2D eigenvalue weighted by molar-refractivity contribution is 5.97. The van der Waals surface area contributed by atoms with Crippen LogP contribution in [0.5, 0.6) is 0 Å². The molecule has 3 aromatic rings. The van der Waals surface area contributed by atoms with Crippen molar-refractivity contribution in [3.05, 3.63) is 71.0 Å². The summed E-state index contributed by atoms with van der Waals surface area (Å²) in [5.74, 6) is -0.0609. The third-order valence-electron chi connectivity index (χ3n) is 5.35. The van der Waals surface area contributed by atoms with Crippen LogP contribution in [0, 0.1) is 13.8 Å². The number of carbonyl (C=O) groups excluding carboxylic acids is 2. The number of fused-ring (bicyclic) bond motifs is 1. The number of amides is 2. The summed E-state index contributed by atoms with van der Waals surface area (Å²) in [6.45, 7) is 5.91. The van der Waals surface area contributed by atoms with Gasteiger partial charge < -0.3 is 14.5 Å². The molecule has 0 saturated carbocycles. The van der Waals surface area contributed by atoms with Gasteiger partial charge in [-0.3, -0.25) is 4.79 Å². The fraction of sp³-hybridized carbons (Fsp3) is 0.304. The summed E-state index contributed by atoms with van der Waals surface area (Å²) in [5, 5.41) is 0. The van der Waals surface area contributed by atoms with Gasteiger partial charge in [0.1, 0.15) is 6.61 Å². The maximum absolute atomic E-state index is 12.9. The van der Waals surface area contributed by atoms with E-state index in [9.17, 15) is 9.59 Å². The van der Waals surface area contributed by atoms with Gasteiger partial charge in [-0.25, -0.2) is 14.8 Å². The minimum atomic E-state index is -0.349. The zero-order valence-corrected chi connectivity index (χ0v) is 17.2. The van der Waals surface area contributed by atoms with Crippen molar-refractivity contribution in [1.82, 2.24) is 19.8 Å². The van der Waals surface area contributed by atoms with Crippen LogP contribution in [0.3, 0.4) is 0 Å². The second kappa shape index (κ2) is 8.49. The highest BCUT2D eigenvalue weighted by atomic mass is 16.6. The van der Waals surface area contributed by atoms with Crippen LogP contribution in [0.1, 0.15) is 27.3 Å². The lowest BCUT2D eigenvalue weighted by Gasteiger charge is -2.34. The Morgan fingerprint density at radius 3 is 2.20 bits per heavy atom. The molecule has 1 saturated heterocycles. The lowest BCUT2D eigenvalue weighted by Crippen LogP contribution is -2.50. The first kappa shape index (κ1) is 19.8. The van der Waals surface area contributed by atoms with Gasteiger partial charge in [-0.1, -0.05) is 30.3 Å². The number of aryl methyl sites for hydroxylation is 2. The molecule has 7 heteroatoms. The number of hydrogen-bond donors (Lipinski definition) is 0. The Morgan fingerprint density at radius 1 is 0.867 bits per heavy atom. The van der Waals surface area contributed by atoms with Gasteiger partial charge in [0.15, 0.2) is 0 Å². The summed E-state index contributed by atoms with van der Waals surface area (Å²) in [4.78, 5) is 37.7. The Hall–Kier alpha value is -3.48. The molecule has 1 aliphatic rings. The largest absolute Gasteiger partial charge is 0.445 e. The molecule has 2 aromatic carbocycles. The summed E-state index contributed by atoms with van der Waals surface area (Å²) >= 11 is 0. The summed E-state index contributed by atoms with van der Waals surface area (Å²) in [6, 6.07) is 15.0. The molecule has 1 fully saturated rings. The number of ether oxygens (including phenoxy) is 1. The van der Waals surface area contributed by atoms with Crippen molar-refractivity contribution >= 4 is 23.0 Å². The lowest BCUT2D eigenvalue weighted by atomic mass is 10.1. The van der Waals surface area contributed by atoms with Crippen LogP contribution in [0.4, 0.5) is 4.79 Å². The van der Waals surface area contributed by atoms with E-state index >= 15 is 0 Å². The maximum Gasteiger partial charge on any atom is 0.410 e. The average molecular weight is 404 g/mol. The molecule has 0 radical (unpaired) electrons. The number of hydrogen-bond acceptors (Lipinski definition) is 5. The van der Waals surface area contributed by atoms with Gasteiger partial charge in [-0.05, 0) is 37.6 Å². The number of carbonyl (C=O) groups is 2. The van der Waals surface area contributed by atoms with Crippen LogP contribution in [0.15, 0.2) is 48.5 Å². The van der Waals surface area contributed by atoms with E-state index in [-0.39, 0.29) is 18.6 Å². The van der Waals surface area contributed by atoms with E-state index in [1.807, 2.05) is 50.2 Å². The molecular formula is C23H24N4O3. The standard InChI is InChI=1S/C23H24N4O3/c1-16-17(2)25-21-14-19(8-9-20(21)24-16)22(28)26-10-12-27(13-11-26)23(29)30-15-18-6-4-3-5-7-18/h3-9,14H,10-13,15H2,1-2H3. The number of aromatic nitrogens is 2. The van der Waals surface area contributed by atoms with Crippen molar-refractivity contribution in [3.63, 3.8) is 0 Å². The fourth-order valence-electron chi connectivity index (χ4n) is 3.45. The van der Waals surface area contributed by atoms with E-state index in [0.717, 1.165) is 22.5 Å². The Bertz CT molecular complexity index is 1080. The zero-order valence-electron chi connectivity index (χ0n) is 17.2. The van der Waals surface area contributed by atoms with Crippen LogP contribution in [0.25, 0.3) is 11.0 Å². The van der Waals surface area contributed by atoms with Crippen molar-refractivity contribution in [1.29, 1.82) is 0 Å². The van der Waals surface area contributed by atoms with Crippen LogP contribution in [0.2, 0.25) is 0 Å². The van der Waals surface area contributed by atoms with Crippen molar-refractivity contribution in [2.24, 2.45) is 0 Å². The van der Waals surface area contributed by atoms with Crippen molar-refractivity contribution in [2.75, 3.05) is 26.2 Å². The molecular weight excluding hydrogens is 380 g/mol. The Balaban J connectivity index is 1.35. The molecule has 1 aromatic heterocycles. The molecule has 0 N–H and O–H groups in total. The molecule has 0 aliphatic carbocycles. The number of rotatable bonds is 3. The Labute approximate surface area is 175 Å². The molecule has 30 heavy (non-hydrogen) atoms. The van der Waals surface area contributed by atoms with Crippen LogP contribution < -0.4 is 0 Å². The second-order valence-electron chi connectivity index (χ2n) is 7.42. The van der Waals surface area contributed by atoms with Gasteiger partial charge in [0.05, 0.1) is 22.4 Å². The SMILES string of the molecule is Cc1nc2ccc(C(=O)N3CCN(C(=O)OCc4ccccc4)CC3)cc2nc1C. The predicted octanol–water partition coefficient (Wildman–Crippen LogP) is 3.34. The van der Waals surface area contributed by atoms with Crippen LogP contribution >= 0.6 is 0 Å². The van der Waals surface area contributed by atoms with E-state index in [4.69, 9.17) is 4.74 Å². The smallest absolute Gasteiger partial charge is 0.410 e. The molecule has 2 amide bonds. The maximum atomic E-state index is 12.9. The first-order chi connectivity index (χ1) is 14.5. The number of nitrogens with zero attached hydrogens (tertiary/aromatic N) is 4. The summed E-state index contributed by atoms with van der Waals surface area (Å²) in [5.41, 5.74) is 4.77. The Morgan fingerprint density at radius 2 is 1.50 bits per heavy atom. The summed E-state index contributed by atoms with van der Waals surface area (Å²) in [6.07, 6.45) is -0.349. The predicted molar refractivity (Wildman–Crippen MR) is 113 cm³/mol. The molecule has 154 valence electrons. The minimum Gasteiger partial charge on any atom is -0.445 e. The van der Waals surface area contributed by atoms with Gasteiger partial charge in [0.25, 0.3) is 5.91 Å². The molecule has 7 nitrogen and oxygen atoms in total. The number of benzene rings is 2. The van der Waals surface area contributed by atoms with Crippen LogP contribution in [-0.2, 0) is 11.3 Å². The molecule has 0 atom stereocenters. The highest BCUT2D eigenvalue weighted by Crippen LogP contribution is 2.17. The third kappa shape index (κ3) is 4.25. The second-order valence-corrected chi connectivity index (χ2v) is 7.42. The van der Waals surface area contributed by atoms with Gasteiger partial charge in [-0.15, -0.1) is 0 Å². The molecule has 0 unspecified atom stereocenters.